The standard InChI is InChI=1S/C16H21N3O6/c1-4-23-16(22)19-25-15-17-13(21)12-10(7-5-6-9(2)3)8-11(20)24-14(12)18-15/h8-9H,4-7H2,1-3H3,(H,19,22)(H,17,18,21). The number of amides is 1. The van der Waals surface area contributed by atoms with Crippen LogP contribution in [0.2, 0.25) is 0 Å². The third kappa shape index (κ3) is 5.07. The summed E-state index contributed by atoms with van der Waals surface area (Å²) in [6.45, 7) is 5.99. The lowest BCUT2D eigenvalue weighted by Crippen LogP contribution is -2.29. The summed E-state index contributed by atoms with van der Waals surface area (Å²) in [5, 5.41) is 0.201. The molecule has 25 heavy (non-hydrogen) atoms. The molecular weight excluding hydrogens is 330 g/mol. The quantitative estimate of drug-likeness (QED) is 0.730. The van der Waals surface area contributed by atoms with Crippen LogP contribution in [0.25, 0.3) is 11.1 Å². The lowest BCUT2D eigenvalue weighted by molar-refractivity contribution is 0.0992. The number of hydrogen-bond acceptors (Lipinski definition) is 7. The number of H-pyrrole nitrogens is 1. The van der Waals surface area contributed by atoms with Crippen molar-refractivity contribution in [3.63, 3.8) is 0 Å². The minimum Gasteiger partial charge on any atom is -0.448 e. The van der Waals surface area contributed by atoms with Crippen molar-refractivity contribution < 1.29 is 18.8 Å². The normalized spacial score (nSPS) is 10.9. The molecule has 0 bridgehead atoms. The van der Waals surface area contributed by atoms with Gasteiger partial charge in [0.05, 0.1) is 6.61 Å². The molecule has 2 N–H and O–H groups in total. The number of nitrogens with one attached hydrogen (secondary N) is 2. The van der Waals surface area contributed by atoms with Gasteiger partial charge < -0.3 is 14.0 Å². The van der Waals surface area contributed by atoms with Gasteiger partial charge in [0.2, 0.25) is 5.71 Å². The number of aryl methyl sites for hydroxylation is 1. The molecule has 136 valence electrons. The van der Waals surface area contributed by atoms with Crippen LogP contribution in [0.15, 0.2) is 20.1 Å². The fourth-order valence-corrected chi connectivity index (χ4v) is 2.33. The summed E-state index contributed by atoms with van der Waals surface area (Å²) >= 11 is 0. The van der Waals surface area contributed by atoms with Crippen LogP contribution in [0, 0.1) is 5.92 Å². The molecule has 0 saturated carbocycles. The van der Waals surface area contributed by atoms with Gasteiger partial charge in [0.25, 0.3) is 5.56 Å². The first-order valence-corrected chi connectivity index (χ1v) is 8.07. The number of hydrogen-bond donors (Lipinski definition) is 2. The number of aromatic nitrogens is 2. The first kappa shape index (κ1) is 18.5. The van der Waals surface area contributed by atoms with Crippen LogP contribution >= 0.6 is 0 Å². The molecule has 0 unspecified atom stereocenters. The Bertz CT molecular complexity index is 855. The van der Waals surface area contributed by atoms with Crippen molar-refractivity contribution >= 4 is 17.2 Å². The summed E-state index contributed by atoms with van der Waals surface area (Å²) in [7, 11) is 0. The van der Waals surface area contributed by atoms with E-state index in [1.54, 1.807) is 6.92 Å². The molecule has 2 aromatic heterocycles. The Morgan fingerprint density at radius 2 is 2.16 bits per heavy atom. The van der Waals surface area contributed by atoms with Crippen molar-refractivity contribution in [2.24, 2.45) is 5.92 Å². The van der Waals surface area contributed by atoms with Crippen LogP contribution in [0.4, 0.5) is 4.79 Å². The largest absolute Gasteiger partial charge is 0.448 e. The zero-order valence-corrected chi connectivity index (χ0v) is 14.4. The van der Waals surface area contributed by atoms with E-state index in [2.05, 4.69) is 28.6 Å². The van der Waals surface area contributed by atoms with Crippen molar-refractivity contribution in [3.8, 4) is 6.01 Å². The highest BCUT2D eigenvalue weighted by Gasteiger charge is 2.14. The van der Waals surface area contributed by atoms with E-state index in [0.717, 1.165) is 12.8 Å². The Balaban J connectivity index is 2.29. The van der Waals surface area contributed by atoms with Gasteiger partial charge in [-0.25, -0.2) is 9.59 Å². The number of rotatable bonds is 7. The topological polar surface area (TPSA) is 124 Å². The van der Waals surface area contributed by atoms with E-state index in [-0.39, 0.29) is 23.7 Å². The summed E-state index contributed by atoms with van der Waals surface area (Å²) in [6, 6.07) is 0.991. The molecule has 0 saturated heterocycles. The molecule has 0 aromatic carbocycles. The van der Waals surface area contributed by atoms with E-state index in [0.29, 0.717) is 17.9 Å². The maximum atomic E-state index is 12.3. The Kier molecular flexibility index (Phi) is 6.15. The van der Waals surface area contributed by atoms with Gasteiger partial charge in [0.15, 0.2) is 0 Å². The maximum absolute atomic E-state index is 12.3. The molecule has 2 aromatic rings. The van der Waals surface area contributed by atoms with E-state index in [1.807, 2.05) is 5.48 Å². The molecule has 0 aliphatic heterocycles. The van der Waals surface area contributed by atoms with E-state index in [4.69, 9.17) is 9.25 Å². The first-order valence-electron chi connectivity index (χ1n) is 8.07. The highest BCUT2D eigenvalue weighted by atomic mass is 16.7. The van der Waals surface area contributed by atoms with Gasteiger partial charge in [-0.2, -0.15) is 4.98 Å². The fraction of sp³-hybridized carbons (Fsp3) is 0.500. The summed E-state index contributed by atoms with van der Waals surface area (Å²) < 4.78 is 9.61. The molecule has 0 fully saturated rings. The van der Waals surface area contributed by atoms with Crippen molar-refractivity contribution in [3.05, 3.63) is 32.4 Å². The van der Waals surface area contributed by atoms with Crippen LogP contribution in [0.3, 0.4) is 0 Å². The lowest BCUT2D eigenvalue weighted by atomic mass is 10.0. The van der Waals surface area contributed by atoms with Gasteiger partial charge in [-0.3, -0.25) is 9.78 Å². The highest BCUT2D eigenvalue weighted by Crippen LogP contribution is 2.16. The molecule has 0 spiro atoms. The predicted octanol–water partition coefficient (Wildman–Crippen LogP) is 1.89. The molecule has 0 atom stereocenters. The molecule has 0 radical (unpaired) electrons. The Labute approximate surface area is 143 Å². The molecule has 9 nitrogen and oxygen atoms in total. The zero-order chi connectivity index (χ0) is 18.4. The summed E-state index contributed by atoms with van der Waals surface area (Å²) in [6.07, 6.45) is 1.52. The predicted molar refractivity (Wildman–Crippen MR) is 89.5 cm³/mol. The second-order valence-corrected chi connectivity index (χ2v) is 5.85. The average molecular weight is 351 g/mol. The summed E-state index contributed by atoms with van der Waals surface area (Å²) in [5.74, 6) is 0.525. The minimum atomic E-state index is -0.839. The molecule has 2 rings (SSSR count). The van der Waals surface area contributed by atoms with E-state index in [1.165, 1.54) is 6.07 Å². The molecule has 9 heteroatoms. The van der Waals surface area contributed by atoms with Gasteiger partial charge in [-0.15, -0.1) is 5.48 Å². The molecule has 2 heterocycles. The average Bonchev–Trinajstić information content (AvgIpc) is 2.52. The van der Waals surface area contributed by atoms with Crippen molar-refractivity contribution in [2.75, 3.05) is 6.61 Å². The van der Waals surface area contributed by atoms with E-state index in [9.17, 15) is 14.4 Å². The smallest absolute Gasteiger partial charge is 0.440 e. The van der Waals surface area contributed by atoms with E-state index < -0.39 is 17.3 Å². The molecule has 1 amide bonds. The molecule has 0 aliphatic carbocycles. The van der Waals surface area contributed by atoms with Crippen LogP contribution in [0.1, 0.15) is 39.2 Å². The maximum Gasteiger partial charge on any atom is 0.440 e. The lowest BCUT2D eigenvalue weighted by Gasteiger charge is -2.08. The van der Waals surface area contributed by atoms with Crippen LogP contribution in [0.5, 0.6) is 6.01 Å². The third-order valence-electron chi connectivity index (χ3n) is 3.41. The van der Waals surface area contributed by atoms with Crippen LogP contribution < -0.4 is 21.5 Å². The monoisotopic (exact) mass is 351 g/mol. The zero-order valence-electron chi connectivity index (χ0n) is 14.4. The number of hydroxylamine groups is 1. The van der Waals surface area contributed by atoms with Crippen molar-refractivity contribution in [2.45, 2.75) is 40.0 Å². The van der Waals surface area contributed by atoms with E-state index >= 15 is 0 Å². The molecule has 0 aliphatic rings. The van der Waals surface area contributed by atoms with Gasteiger partial charge >= 0.3 is 17.7 Å². The van der Waals surface area contributed by atoms with Crippen molar-refractivity contribution in [1.82, 2.24) is 15.4 Å². The second kappa shape index (κ2) is 8.32. The Morgan fingerprint density at radius 3 is 2.84 bits per heavy atom. The van der Waals surface area contributed by atoms with Gasteiger partial charge in [0, 0.05) is 6.07 Å². The number of aromatic amines is 1. The van der Waals surface area contributed by atoms with Gasteiger partial charge in [-0.1, -0.05) is 20.3 Å². The number of carbonyl (C=O) groups is 1. The second-order valence-electron chi connectivity index (χ2n) is 5.85. The number of ether oxygens (including phenoxy) is 1. The summed E-state index contributed by atoms with van der Waals surface area (Å²) in [5.41, 5.74) is 1.26. The number of nitrogens with zero attached hydrogens (tertiary/aromatic N) is 1. The highest BCUT2D eigenvalue weighted by molar-refractivity contribution is 5.75. The van der Waals surface area contributed by atoms with Gasteiger partial charge in [-0.05, 0) is 31.2 Å². The first-order chi connectivity index (χ1) is 11.9. The number of fused-ring (bicyclic) bond motifs is 1. The SMILES string of the molecule is CCOC(=O)NOc1nc2oc(=O)cc(CCCC(C)C)c2c(=O)[nH]1. The summed E-state index contributed by atoms with van der Waals surface area (Å²) in [4.78, 5) is 46.4. The third-order valence-corrected chi connectivity index (χ3v) is 3.41. The van der Waals surface area contributed by atoms with Crippen LogP contribution in [-0.4, -0.2) is 22.7 Å². The minimum absolute atomic E-state index is 0.142. The fourth-order valence-electron chi connectivity index (χ4n) is 2.33. The van der Waals surface area contributed by atoms with Crippen molar-refractivity contribution in [1.29, 1.82) is 0 Å². The number of carbonyl (C=O) groups excluding carboxylic acids is 1. The Hall–Kier alpha value is -2.84. The van der Waals surface area contributed by atoms with Gasteiger partial charge in [0.1, 0.15) is 5.39 Å². The Morgan fingerprint density at radius 1 is 1.40 bits per heavy atom. The molecular formula is C16H21N3O6. The van der Waals surface area contributed by atoms with Crippen LogP contribution in [-0.2, 0) is 11.2 Å².